The zero-order valence-electron chi connectivity index (χ0n) is 12.0. The Morgan fingerprint density at radius 2 is 2.19 bits per heavy atom. The minimum Gasteiger partial charge on any atom is -0.335 e. The van der Waals surface area contributed by atoms with Gasteiger partial charge in [-0.1, -0.05) is 18.0 Å². The fraction of sp³-hybridized carbons (Fsp3) is 0.562. The number of benzene rings is 1. The maximum atomic E-state index is 13.6. The van der Waals surface area contributed by atoms with Crippen molar-refractivity contribution in [3.63, 3.8) is 0 Å². The average Bonchev–Trinajstić information content (AvgIpc) is 3.04. The third kappa shape index (κ3) is 3.15. The Hall–Kier alpha value is -1.29. The van der Waals surface area contributed by atoms with Gasteiger partial charge in [0.1, 0.15) is 5.82 Å². The monoisotopic (exact) mass is 310 g/mol. The quantitative estimate of drug-likeness (QED) is 0.852. The van der Waals surface area contributed by atoms with Crippen LogP contribution < -0.4 is 10.6 Å². The van der Waals surface area contributed by atoms with E-state index in [2.05, 4.69) is 10.6 Å². The van der Waals surface area contributed by atoms with Gasteiger partial charge in [0.05, 0.1) is 5.69 Å². The van der Waals surface area contributed by atoms with Gasteiger partial charge >= 0.3 is 6.03 Å². The molecule has 0 heterocycles. The Morgan fingerprint density at radius 1 is 1.38 bits per heavy atom. The second-order valence-electron chi connectivity index (χ2n) is 6.35. The molecule has 0 unspecified atom stereocenters. The van der Waals surface area contributed by atoms with Gasteiger partial charge in [0, 0.05) is 11.1 Å². The van der Waals surface area contributed by atoms with Crippen LogP contribution in [0.25, 0.3) is 0 Å². The first-order chi connectivity index (χ1) is 10.0. The number of fused-ring (bicyclic) bond motifs is 2. The number of hydrogen-bond donors (Lipinski definition) is 2. The molecule has 2 aliphatic rings. The molecule has 5 heteroatoms. The normalized spacial score (nSPS) is 28.4. The molecule has 0 radical (unpaired) electrons. The number of amides is 2. The van der Waals surface area contributed by atoms with Gasteiger partial charge in [-0.25, -0.2) is 9.18 Å². The van der Waals surface area contributed by atoms with Gasteiger partial charge in [-0.2, -0.15) is 0 Å². The number of carbonyl (C=O) groups excluding carboxylic acids is 1. The standard InChI is InChI=1S/C16H20ClFN2O/c1-9(13-7-10-2-3-11(13)6-10)19-16(21)20-15-5-4-12(17)8-14(15)18/h4-5,8-11,13H,2-3,6-7H2,1H3,(H2,19,20,21)/t9-,10-,11-,13-/m1/s1. The molecule has 2 saturated carbocycles. The van der Waals surface area contributed by atoms with Crippen LogP contribution >= 0.6 is 11.6 Å². The lowest BCUT2D eigenvalue weighted by atomic mass is 9.84. The van der Waals surface area contributed by atoms with Crippen LogP contribution in [-0.4, -0.2) is 12.1 Å². The van der Waals surface area contributed by atoms with E-state index in [4.69, 9.17) is 11.6 Å². The summed E-state index contributed by atoms with van der Waals surface area (Å²) in [6, 6.07) is 3.98. The summed E-state index contributed by atoms with van der Waals surface area (Å²) in [5.74, 6) is 1.63. The third-order valence-electron chi connectivity index (χ3n) is 4.97. The maximum Gasteiger partial charge on any atom is 0.319 e. The predicted molar refractivity (Wildman–Crippen MR) is 82.0 cm³/mol. The van der Waals surface area contributed by atoms with Crippen molar-refractivity contribution in [2.24, 2.45) is 17.8 Å². The van der Waals surface area contributed by atoms with E-state index in [0.29, 0.717) is 10.9 Å². The van der Waals surface area contributed by atoms with Crippen molar-refractivity contribution in [2.45, 2.75) is 38.6 Å². The smallest absolute Gasteiger partial charge is 0.319 e. The van der Waals surface area contributed by atoms with Gasteiger partial charge in [0.15, 0.2) is 0 Å². The summed E-state index contributed by atoms with van der Waals surface area (Å²) >= 11 is 5.69. The molecule has 1 aromatic carbocycles. The van der Waals surface area contributed by atoms with Crippen LogP contribution in [0.1, 0.15) is 32.6 Å². The minimum atomic E-state index is -0.523. The van der Waals surface area contributed by atoms with E-state index in [1.807, 2.05) is 6.92 Å². The molecule has 2 amide bonds. The summed E-state index contributed by atoms with van der Waals surface area (Å²) in [5, 5.41) is 5.81. The number of anilines is 1. The Balaban J connectivity index is 1.56. The highest BCUT2D eigenvalue weighted by Gasteiger charge is 2.42. The number of carbonyl (C=O) groups is 1. The maximum absolute atomic E-state index is 13.6. The lowest BCUT2D eigenvalue weighted by Gasteiger charge is -2.28. The molecular formula is C16H20ClFN2O. The molecule has 2 aliphatic carbocycles. The van der Waals surface area contributed by atoms with Crippen LogP contribution in [0.15, 0.2) is 18.2 Å². The molecule has 1 aromatic rings. The SMILES string of the molecule is C[C@@H](NC(=O)Nc1ccc(Cl)cc1F)[C@H]1C[C@@H]2CC[C@@H]1C2. The Morgan fingerprint density at radius 3 is 2.81 bits per heavy atom. The summed E-state index contributed by atoms with van der Waals surface area (Å²) < 4.78 is 13.6. The second kappa shape index (κ2) is 5.84. The molecule has 2 bridgehead atoms. The highest BCUT2D eigenvalue weighted by atomic mass is 35.5. The summed E-state index contributed by atoms with van der Waals surface area (Å²) in [4.78, 5) is 12.0. The molecule has 0 aliphatic heterocycles. The molecule has 3 nitrogen and oxygen atoms in total. The lowest BCUT2D eigenvalue weighted by molar-refractivity contribution is 0.230. The molecule has 2 N–H and O–H groups in total. The first-order valence-electron chi connectivity index (χ1n) is 7.55. The minimum absolute atomic E-state index is 0.121. The highest BCUT2D eigenvalue weighted by molar-refractivity contribution is 6.30. The molecule has 21 heavy (non-hydrogen) atoms. The van der Waals surface area contributed by atoms with Gasteiger partial charge < -0.3 is 10.6 Å². The first kappa shape index (κ1) is 14.6. The van der Waals surface area contributed by atoms with Crippen LogP contribution in [-0.2, 0) is 0 Å². The summed E-state index contributed by atoms with van der Waals surface area (Å²) in [7, 11) is 0. The Kier molecular flexibility index (Phi) is 4.07. The molecular weight excluding hydrogens is 291 g/mol. The van der Waals surface area contributed by atoms with E-state index in [1.165, 1.54) is 37.8 Å². The van der Waals surface area contributed by atoms with E-state index in [9.17, 15) is 9.18 Å². The van der Waals surface area contributed by atoms with Crippen molar-refractivity contribution in [3.05, 3.63) is 29.0 Å². The Bertz CT molecular complexity index is 551. The largest absolute Gasteiger partial charge is 0.335 e. The van der Waals surface area contributed by atoms with Crippen molar-refractivity contribution in [1.29, 1.82) is 0 Å². The van der Waals surface area contributed by atoms with E-state index in [-0.39, 0.29) is 17.8 Å². The molecule has 3 rings (SSSR count). The van der Waals surface area contributed by atoms with Crippen LogP contribution in [0.3, 0.4) is 0 Å². The zero-order valence-corrected chi connectivity index (χ0v) is 12.8. The zero-order chi connectivity index (χ0) is 15.0. The van der Waals surface area contributed by atoms with Crippen LogP contribution in [0.4, 0.5) is 14.9 Å². The predicted octanol–water partition coefficient (Wildman–Crippen LogP) is 4.43. The van der Waals surface area contributed by atoms with Gasteiger partial charge in [-0.05, 0) is 62.1 Å². The van der Waals surface area contributed by atoms with Gasteiger partial charge in [0.25, 0.3) is 0 Å². The number of hydrogen-bond acceptors (Lipinski definition) is 1. The molecule has 0 saturated heterocycles. The van der Waals surface area contributed by atoms with E-state index >= 15 is 0 Å². The molecule has 114 valence electrons. The number of nitrogens with one attached hydrogen (secondary N) is 2. The van der Waals surface area contributed by atoms with E-state index < -0.39 is 5.82 Å². The van der Waals surface area contributed by atoms with Crippen molar-refractivity contribution >= 4 is 23.3 Å². The van der Waals surface area contributed by atoms with Gasteiger partial charge in [-0.15, -0.1) is 0 Å². The van der Waals surface area contributed by atoms with E-state index in [0.717, 1.165) is 11.8 Å². The Labute approximate surface area is 129 Å². The number of urea groups is 1. The molecule has 0 spiro atoms. The number of rotatable bonds is 3. The average molecular weight is 311 g/mol. The fourth-order valence-electron chi connectivity index (χ4n) is 3.97. The molecule has 0 aromatic heterocycles. The van der Waals surface area contributed by atoms with Gasteiger partial charge in [0.2, 0.25) is 0 Å². The number of halogens is 2. The van der Waals surface area contributed by atoms with Crippen molar-refractivity contribution in [1.82, 2.24) is 5.32 Å². The van der Waals surface area contributed by atoms with Crippen LogP contribution in [0.5, 0.6) is 0 Å². The van der Waals surface area contributed by atoms with Crippen molar-refractivity contribution in [2.75, 3.05) is 5.32 Å². The van der Waals surface area contributed by atoms with Crippen LogP contribution in [0.2, 0.25) is 5.02 Å². The lowest BCUT2D eigenvalue weighted by Crippen LogP contribution is -2.42. The first-order valence-corrected chi connectivity index (χ1v) is 7.93. The topological polar surface area (TPSA) is 41.1 Å². The summed E-state index contributed by atoms with van der Waals surface area (Å²) in [6.45, 7) is 2.04. The summed E-state index contributed by atoms with van der Waals surface area (Å²) in [5.41, 5.74) is 0.150. The third-order valence-corrected chi connectivity index (χ3v) is 5.21. The molecule has 2 fully saturated rings. The van der Waals surface area contributed by atoms with Gasteiger partial charge in [-0.3, -0.25) is 0 Å². The van der Waals surface area contributed by atoms with Crippen molar-refractivity contribution in [3.8, 4) is 0 Å². The van der Waals surface area contributed by atoms with E-state index in [1.54, 1.807) is 6.07 Å². The van der Waals surface area contributed by atoms with Crippen LogP contribution in [0, 0.1) is 23.6 Å². The second-order valence-corrected chi connectivity index (χ2v) is 6.79. The van der Waals surface area contributed by atoms with Crippen molar-refractivity contribution < 1.29 is 9.18 Å². The highest BCUT2D eigenvalue weighted by Crippen LogP contribution is 2.49. The fourth-order valence-corrected chi connectivity index (χ4v) is 4.13. The summed E-state index contributed by atoms with van der Waals surface area (Å²) in [6.07, 6.45) is 5.15. The molecule has 4 atom stereocenters.